The molecule has 1 N–H and O–H groups in total. The molecule has 27 heavy (non-hydrogen) atoms. The lowest BCUT2D eigenvalue weighted by molar-refractivity contribution is 0.0806. The van der Waals surface area contributed by atoms with Gasteiger partial charge in [0, 0.05) is 16.8 Å². The number of para-hydroxylation sites is 1. The number of nitrogens with one attached hydrogen (secondary N) is 1. The fraction of sp³-hybridized carbons (Fsp3) is 0.182. The highest BCUT2D eigenvalue weighted by Crippen LogP contribution is 2.44. The molecule has 136 valence electrons. The highest BCUT2D eigenvalue weighted by Gasteiger charge is 2.43. The number of Topliss-reactive ketones (excluding diaryl/α,β-unsaturated/α-hetero) is 1. The summed E-state index contributed by atoms with van der Waals surface area (Å²) in [6.07, 6.45) is -0.832. The molecule has 5 nitrogen and oxygen atoms in total. The van der Waals surface area contributed by atoms with E-state index in [2.05, 4.69) is 4.98 Å². The standard InChI is InChI=1S/C22H19NO4/c1-13-12-17-19(22(25)23-13)18(15-10-6-7-11-16(15)26-2)21(27-17)20(24)14-8-4-3-5-9-14/h3-12,18,21H,1-2H3,(H,23,25). The number of fused-ring (bicyclic) bond motifs is 1. The van der Waals surface area contributed by atoms with Crippen LogP contribution in [0.5, 0.6) is 11.5 Å². The molecule has 1 aromatic heterocycles. The number of aromatic nitrogens is 1. The Hall–Kier alpha value is -3.34. The van der Waals surface area contributed by atoms with Gasteiger partial charge < -0.3 is 14.5 Å². The maximum absolute atomic E-state index is 13.2. The molecule has 0 saturated carbocycles. The maximum atomic E-state index is 13.2. The summed E-state index contributed by atoms with van der Waals surface area (Å²) >= 11 is 0. The molecule has 5 heteroatoms. The van der Waals surface area contributed by atoms with Crippen molar-refractivity contribution in [3.05, 3.63) is 93.4 Å². The van der Waals surface area contributed by atoms with E-state index in [1.165, 1.54) is 0 Å². The Balaban J connectivity index is 1.90. The number of carbonyl (C=O) groups is 1. The van der Waals surface area contributed by atoms with E-state index in [-0.39, 0.29) is 11.3 Å². The zero-order valence-electron chi connectivity index (χ0n) is 15.1. The summed E-state index contributed by atoms with van der Waals surface area (Å²) < 4.78 is 11.5. The summed E-state index contributed by atoms with van der Waals surface area (Å²) in [7, 11) is 1.57. The van der Waals surface area contributed by atoms with Gasteiger partial charge in [-0.1, -0.05) is 48.5 Å². The van der Waals surface area contributed by atoms with Gasteiger partial charge in [0.1, 0.15) is 11.5 Å². The Morgan fingerprint density at radius 1 is 1.07 bits per heavy atom. The van der Waals surface area contributed by atoms with Gasteiger partial charge in [-0.2, -0.15) is 0 Å². The highest BCUT2D eigenvalue weighted by molar-refractivity contribution is 6.01. The number of methoxy groups -OCH3 is 1. The van der Waals surface area contributed by atoms with Gasteiger partial charge in [-0.15, -0.1) is 0 Å². The van der Waals surface area contributed by atoms with Crippen LogP contribution in [0, 0.1) is 6.92 Å². The molecule has 0 amide bonds. The predicted octanol–water partition coefficient (Wildman–Crippen LogP) is 3.47. The predicted molar refractivity (Wildman–Crippen MR) is 102 cm³/mol. The first kappa shape index (κ1) is 17.1. The van der Waals surface area contributed by atoms with Crippen molar-refractivity contribution in [1.29, 1.82) is 0 Å². The molecule has 2 unspecified atom stereocenters. The van der Waals surface area contributed by atoms with E-state index in [0.717, 1.165) is 5.56 Å². The second-order valence-corrected chi connectivity index (χ2v) is 6.55. The topological polar surface area (TPSA) is 68.4 Å². The van der Waals surface area contributed by atoms with Gasteiger partial charge in [0.05, 0.1) is 18.6 Å². The summed E-state index contributed by atoms with van der Waals surface area (Å²) in [5.74, 6) is 0.346. The second-order valence-electron chi connectivity index (χ2n) is 6.55. The van der Waals surface area contributed by atoms with Crippen LogP contribution in [0.1, 0.15) is 33.1 Å². The number of ether oxygens (including phenoxy) is 2. The monoisotopic (exact) mass is 361 g/mol. The summed E-state index contributed by atoms with van der Waals surface area (Å²) in [5.41, 5.74) is 2.19. The number of rotatable bonds is 4. The maximum Gasteiger partial charge on any atom is 0.255 e. The van der Waals surface area contributed by atoms with E-state index < -0.39 is 12.0 Å². The Morgan fingerprint density at radius 3 is 2.52 bits per heavy atom. The zero-order chi connectivity index (χ0) is 19.0. The lowest BCUT2D eigenvalue weighted by Gasteiger charge is -2.20. The quantitative estimate of drug-likeness (QED) is 0.723. The largest absolute Gasteiger partial charge is 0.496 e. The second kappa shape index (κ2) is 6.76. The zero-order valence-corrected chi connectivity index (χ0v) is 15.1. The number of aromatic amines is 1. The molecular weight excluding hydrogens is 342 g/mol. The van der Waals surface area contributed by atoms with E-state index in [4.69, 9.17) is 9.47 Å². The van der Waals surface area contributed by atoms with Gasteiger partial charge in [-0.05, 0) is 19.1 Å². The molecule has 0 fully saturated rings. The van der Waals surface area contributed by atoms with E-state index in [9.17, 15) is 9.59 Å². The molecule has 0 spiro atoms. The molecule has 0 saturated heterocycles. The van der Waals surface area contributed by atoms with E-state index in [1.54, 1.807) is 32.2 Å². The van der Waals surface area contributed by atoms with Gasteiger partial charge in [-0.3, -0.25) is 9.59 Å². The molecule has 1 aliphatic heterocycles. The number of hydrogen-bond donors (Lipinski definition) is 1. The molecule has 0 radical (unpaired) electrons. The smallest absolute Gasteiger partial charge is 0.255 e. The van der Waals surface area contributed by atoms with Crippen LogP contribution in [0.25, 0.3) is 0 Å². The van der Waals surface area contributed by atoms with Gasteiger partial charge in [0.25, 0.3) is 5.56 Å². The molecule has 3 aromatic rings. The average Bonchev–Trinajstić information content (AvgIpc) is 3.07. The first-order valence-electron chi connectivity index (χ1n) is 8.73. The Labute approximate surface area is 156 Å². The number of hydrogen-bond acceptors (Lipinski definition) is 4. The van der Waals surface area contributed by atoms with Crippen LogP contribution in [0.3, 0.4) is 0 Å². The lowest BCUT2D eigenvalue weighted by Crippen LogP contribution is -2.31. The van der Waals surface area contributed by atoms with Crippen molar-refractivity contribution in [2.24, 2.45) is 0 Å². The van der Waals surface area contributed by atoms with Crippen LogP contribution < -0.4 is 15.0 Å². The summed E-state index contributed by atoms with van der Waals surface area (Å²) in [5, 5.41) is 0. The fourth-order valence-electron chi connectivity index (χ4n) is 3.63. The van der Waals surface area contributed by atoms with Crippen LogP contribution in [0.4, 0.5) is 0 Å². The lowest BCUT2D eigenvalue weighted by atomic mass is 9.85. The minimum atomic E-state index is -0.832. The number of aryl methyl sites for hydroxylation is 1. The Morgan fingerprint density at radius 2 is 1.78 bits per heavy atom. The third-order valence-corrected chi connectivity index (χ3v) is 4.83. The number of ketones is 1. The van der Waals surface area contributed by atoms with Crippen LogP contribution in [0.15, 0.2) is 65.5 Å². The number of benzene rings is 2. The van der Waals surface area contributed by atoms with Crippen molar-refractivity contribution in [1.82, 2.24) is 4.98 Å². The van der Waals surface area contributed by atoms with Gasteiger partial charge in [0.15, 0.2) is 6.10 Å². The first-order valence-corrected chi connectivity index (χ1v) is 8.73. The summed E-state index contributed by atoms with van der Waals surface area (Å²) in [4.78, 5) is 28.8. The van der Waals surface area contributed by atoms with Crippen molar-refractivity contribution in [3.8, 4) is 11.5 Å². The minimum absolute atomic E-state index is 0.167. The Bertz CT molecular complexity index is 1060. The fourth-order valence-corrected chi connectivity index (χ4v) is 3.63. The van der Waals surface area contributed by atoms with Crippen molar-refractivity contribution < 1.29 is 14.3 Å². The van der Waals surface area contributed by atoms with E-state index in [1.807, 2.05) is 42.5 Å². The average molecular weight is 361 g/mol. The van der Waals surface area contributed by atoms with E-state index in [0.29, 0.717) is 28.3 Å². The molecule has 2 aromatic carbocycles. The Kier molecular flexibility index (Phi) is 4.28. The van der Waals surface area contributed by atoms with Crippen LogP contribution in [0.2, 0.25) is 0 Å². The van der Waals surface area contributed by atoms with Crippen LogP contribution in [-0.2, 0) is 0 Å². The van der Waals surface area contributed by atoms with Crippen molar-refractivity contribution in [3.63, 3.8) is 0 Å². The normalized spacial score (nSPS) is 17.9. The van der Waals surface area contributed by atoms with Crippen molar-refractivity contribution in [2.45, 2.75) is 18.9 Å². The van der Waals surface area contributed by atoms with Crippen LogP contribution >= 0.6 is 0 Å². The summed E-state index contributed by atoms with van der Waals surface area (Å²) in [6.45, 7) is 1.79. The van der Waals surface area contributed by atoms with Gasteiger partial charge in [-0.25, -0.2) is 0 Å². The van der Waals surface area contributed by atoms with Gasteiger partial charge >= 0.3 is 0 Å². The third-order valence-electron chi connectivity index (χ3n) is 4.83. The van der Waals surface area contributed by atoms with Crippen LogP contribution in [-0.4, -0.2) is 24.0 Å². The third kappa shape index (κ3) is 2.91. The van der Waals surface area contributed by atoms with Gasteiger partial charge in [0.2, 0.25) is 5.78 Å². The first-order chi connectivity index (χ1) is 13.1. The molecule has 2 atom stereocenters. The SMILES string of the molecule is COc1ccccc1C1c2c(cc(C)[nH]c2=O)OC1C(=O)c1ccccc1. The highest BCUT2D eigenvalue weighted by atomic mass is 16.5. The number of carbonyl (C=O) groups excluding carboxylic acids is 1. The number of H-pyrrole nitrogens is 1. The van der Waals surface area contributed by atoms with Crippen molar-refractivity contribution >= 4 is 5.78 Å². The molecule has 0 aliphatic carbocycles. The molecule has 2 heterocycles. The molecular formula is C22H19NO4. The molecule has 0 bridgehead atoms. The minimum Gasteiger partial charge on any atom is -0.496 e. The summed E-state index contributed by atoms with van der Waals surface area (Å²) in [6, 6.07) is 18.1. The van der Waals surface area contributed by atoms with E-state index >= 15 is 0 Å². The molecule has 4 rings (SSSR count). The number of pyridine rings is 1. The molecule has 1 aliphatic rings. The van der Waals surface area contributed by atoms with Crippen molar-refractivity contribution in [2.75, 3.05) is 7.11 Å².